The lowest BCUT2D eigenvalue weighted by molar-refractivity contribution is -0.186. The maximum absolute atomic E-state index is 15.8. The average Bonchev–Trinajstić information content (AvgIpc) is 3.70. The van der Waals surface area contributed by atoms with E-state index in [0.29, 0.717) is 45.8 Å². The molecule has 0 fully saturated rings. The third-order valence-electron chi connectivity index (χ3n) is 8.28. The summed E-state index contributed by atoms with van der Waals surface area (Å²) in [6.07, 6.45) is -0.610. The quantitative estimate of drug-likeness (QED) is 0.135. The number of hydrogen-bond acceptors (Lipinski definition) is 13. The number of methoxy groups -OCH3 is 3. The van der Waals surface area contributed by atoms with E-state index in [1.807, 2.05) is 6.92 Å². The molecule has 2 atom stereocenters. The molecule has 52 heavy (non-hydrogen) atoms. The Labute approximate surface area is 304 Å². The van der Waals surface area contributed by atoms with E-state index in [1.165, 1.54) is 33.5 Å². The van der Waals surface area contributed by atoms with Gasteiger partial charge in [-0.1, -0.05) is 26.8 Å². The van der Waals surface area contributed by atoms with Crippen molar-refractivity contribution in [3.05, 3.63) is 76.6 Å². The molecule has 0 bridgehead atoms. The highest BCUT2D eigenvalue weighted by Gasteiger charge is 2.53. The van der Waals surface area contributed by atoms with Crippen LogP contribution < -0.4 is 24.3 Å². The fourth-order valence-electron chi connectivity index (χ4n) is 5.83. The molecule has 4 aromatic rings. The van der Waals surface area contributed by atoms with Crippen LogP contribution in [-0.2, 0) is 36.0 Å². The number of esters is 2. The molecule has 1 aromatic heterocycles. The van der Waals surface area contributed by atoms with Gasteiger partial charge in [-0.15, -0.1) is 0 Å². The normalized spacial score (nSPS) is 16.1. The largest absolute Gasteiger partial charge is 0.493 e. The Bertz CT molecular complexity index is 1970. The number of fused-ring (bicyclic) bond motifs is 1. The fourth-order valence-corrected chi connectivity index (χ4v) is 6.35. The molecule has 1 aliphatic heterocycles. The van der Waals surface area contributed by atoms with Crippen molar-refractivity contribution in [2.45, 2.75) is 52.4 Å². The third kappa shape index (κ3) is 7.59. The Morgan fingerprint density at radius 1 is 0.942 bits per heavy atom. The highest BCUT2D eigenvalue weighted by atomic mass is 32.1. The van der Waals surface area contributed by atoms with Gasteiger partial charge in [0.05, 0.1) is 51.8 Å². The number of nitrogens with one attached hydrogen (secondary N) is 1. The van der Waals surface area contributed by atoms with Crippen LogP contribution >= 0.6 is 11.7 Å². The molecule has 15 heteroatoms. The van der Waals surface area contributed by atoms with E-state index in [4.69, 9.17) is 33.2 Å². The maximum Gasteiger partial charge on any atom is 0.411 e. The van der Waals surface area contributed by atoms with Crippen molar-refractivity contribution in [2.24, 2.45) is 5.92 Å². The molecule has 2 heterocycles. The van der Waals surface area contributed by atoms with Gasteiger partial charge < -0.3 is 38.5 Å². The summed E-state index contributed by atoms with van der Waals surface area (Å²) in [5.41, 5.74) is 2.16. The molecule has 0 saturated heterocycles. The van der Waals surface area contributed by atoms with E-state index >= 15 is 4.39 Å². The van der Waals surface area contributed by atoms with Crippen molar-refractivity contribution in [2.75, 3.05) is 34.5 Å². The zero-order valence-corrected chi connectivity index (χ0v) is 30.7. The minimum absolute atomic E-state index is 0.0361. The third-order valence-corrected chi connectivity index (χ3v) is 8.83. The first-order valence-electron chi connectivity index (χ1n) is 16.6. The number of benzene rings is 3. The standard InChI is InChI=1S/C37H40FN3O10S/c1-8-14-49-28-13-11-23(19-25(28)38)37(51-36(44)39-32(20(3)4)35(43)48-9-2)24(15-21-16-29(45-5)33(47-7)30(17-21)46-6)31(34(42)50-37)22-10-12-26-27(18-22)41-52-40-26/h10-13,16-20,32H,8-9,14-15H2,1-7H3,(H,39,44). The number of halogens is 1. The van der Waals surface area contributed by atoms with Gasteiger partial charge in [0.15, 0.2) is 23.1 Å². The maximum atomic E-state index is 15.8. The highest BCUT2D eigenvalue weighted by Crippen LogP contribution is 2.49. The zero-order valence-electron chi connectivity index (χ0n) is 29.9. The summed E-state index contributed by atoms with van der Waals surface area (Å²) in [5.74, 6) is -4.18. The fraction of sp³-hybridized carbons (Fsp3) is 0.378. The van der Waals surface area contributed by atoms with Gasteiger partial charge in [0.25, 0.3) is 0 Å². The van der Waals surface area contributed by atoms with Gasteiger partial charge in [0.2, 0.25) is 5.75 Å². The molecule has 1 aliphatic rings. The number of carbonyl (C=O) groups is 3. The van der Waals surface area contributed by atoms with E-state index in [0.717, 1.165) is 17.8 Å². The molecule has 2 unspecified atom stereocenters. The first-order chi connectivity index (χ1) is 25.0. The molecule has 3 aromatic carbocycles. The van der Waals surface area contributed by atoms with Gasteiger partial charge in [-0.25, -0.2) is 18.8 Å². The van der Waals surface area contributed by atoms with Crippen LogP contribution in [0.25, 0.3) is 16.6 Å². The summed E-state index contributed by atoms with van der Waals surface area (Å²) in [4.78, 5) is 40.9. The van der Waals surface area contributed by atoms with Crippen LogP contribution in [0.2, 0.25) is 0 Å². The van der Waals surface area contributed by atoms with Crippen molar-refractivity contribution < 1.29 is 51.9 Å². The van der Waals surface area contributed by atoms with Crippen molar-refractivity contribution in [3.63, 3.8) is 0 Å². The molecule has 13 nitrogen and oxygen atoms in total. The van der Waals surface area contributed by atoms with Crippen molar-refractivity contribution in [3.8, 4) is 23.0 Å². The summed E-state index contributed by atoms with van der Waals surface area (Å²) in [5, 5.41) is 2.56. The molecular formula is C37H40FN3O10S. The first-order valence-corrected chi connectivity index (χ1v) is 17.3. The lowest BCUT2D eigenvalue weighted by Gasteiger charge is -2.32. The molecule has 0 radical (unpaired) electrons. The summed E-state index contributed by atoms with van der Waals surface area (Å²) >= 11 is 1.01. The van der Waals surface area contributed by atoms with Gasteiger partial charge >= 0.3 is 23.8 Å². The van der Waals surface area contributed by atoms with Crippen molar-refractivity contribution in [1.29, 1.82) is 0 Å². The number of nitrogens with zero attached hydrogens (tertiary/aromatic N) is 2. The second kappa shape index (κ2) is 16.3. The predicted molar refractivity (Wildman–Crippen MR) is 189 cm³/mol. The Hall–Kier alpha value is -5.44. The molecule has 5 rings (SSSR count). The number of ether oxygens (including phenoxy) is 7. The molecule has 0 saturated carbocycles. The van der Waals surface area contributed by atoms with Crippen LogP contribution in [0.5, 0.6) is 23.0 Å². The lowest BCUT2D eigenvalue weighted by Crippen LogP contribution is -2.48. The monoisotopic (exact) mass is 737 g/mol. The summed E-state index contributed by atoms with van der Waals surface area (Å²) in [7, 11) is 4.39. The van der Waals surface area contributed by atoms with Crippen LogP contribution in [0.4, 0.5) is 9.18 Å². The second-order valence-electron chi connectivity index (χ2n) is 12.0. The van der Waals surface area contributed by atoms with E-state index in [1.54, 1.807) is 51.1 Å². The number of aromatic nitrogens is 2. The smallest absolute Gasteiger partial charge is 0.411 e. The second-order valence-corrected chi connectivity index (χ2v) is 12.6. The summed E-state index contributed by atoms with van der Waals surface area (Å²) in [6, 6.07) is 11.2. The van der Waals surface area contributed by atoms with Crippen LogP contribution in [0.15, 0.2) is 54.1 Å². The van der Waals surface area contributed by atoms with Gasteiger partial charge in [0.1, 0.15) is 17.1 Å². The molecule has 1 N–H and O–H groups in total. The van der Waals surface area contributed by atoms with Crippen molar-refractivity contribution >= 4 is 46.4 Å². The first kappa shape index (κ1) is 37.8. The molecule has 0 spiro atoms. The topological polar surface area (TPSA) is 154 Å². The number of alkyl carbamates (subject to hydrolysis) is 1. The van der Waals surface area contributed by atoms with Crippen LogP contribution in [0, 0.1) is 11.7 Å². The zero-order chi connectivity index (χ0) is 37.6. The Morgan fingerprint density at radius 3 is 2.27 bits per heavy atom. The number of rotatable bonds is 15. The number of amides is 1. The van der Waals surface area contributed by atoms with Crippen LogP contribution in [-0.4, -0.2) is 67.4 Å². The lowest BCUT2D eigenvalue weighted by atomic mass is 9.87. The van der Waals surface area contributed by atoms with E-state index < -0.39 is 41.6 Å². The van der Waals surface area contributed by atoms with Gasteiger partial charge in [-0.3, -0.25) is 0 Å². The van der Waals surface area contributed by atoms with Crippen LogP contribution in [0.1, 0.15) is 50.8 Å². The predicted octanol–water partition coefficient (Wildman–Crippen LogP) is 6.37. The van der Waals surface area contributed by atoms with E-state index in [9.17, 15) is 14.4 Å². The number of carbonyl (C=O) groups excluding carboxylic acids is 3. The number of hydrogen-bond donors (Lipinski definition) is 1. The van der Waals surface area contributed by atoms with Gasteiger partial charge in [-0.05, 0) is 72.9 Å². The van der Waals surface area contributed by atoms with E-state index in [-0.39, 0.29) is 42.1 Å². The minimum atomic E-state index is -2.35. The molecule has 0 aliphatic carbocycles. The molecular weight excluding hydrogens is 697 g/mol. The molecule has 1 amide bonds. The highest BCUT2D eigenvalue weighted by molar-refractivity contribution is 7.00. The Balaban J connectivity index is 1.76. The Morgan fingerprint density at radius 2 is 1.65 bits per heavy atom. The summed E-state index contributed by atoms with van der Waals surface area (Å²) < 4.78 is 64.0. The average molecular weight is 738 g/mol. The minimum Gasteiger partial charge on any atom is -0.493 e. The van der Waals surface area contributed by atoms with Crippen LogP contribution in [0.3, 0.4) is 0 Å². The van der Waals surface area contributed by atoms with Gasteiger partial charge in [0, 0.05) is 17.6 Å². The Kier molecular flexibility index (Phi) is 11.8. The summed E-state index contributed by atoms with van der Waals surface area (Å²) in [6.45, 7) is 7.29. The van der Waals surface area contributed by atoms with Crippen molar-refractivity contribution in [1.82, 2.24) is 14.1 Å². The molecule has 276 valence electrons. The number of cyclic esters (lactones) is 1. The van der Waals surface area contributed by atoms with E-state index in [2.05, 4.69) is 14.1 Å². The SMILES string of the molecule is CCCOc1ccc(C2(OC(=O)NC(C(=O)OCC)C(C)C)OC(=O)C(c3ccc4nsnc4c3)=C2Cc2cc(OC)c(OC)c(OC)c2)cc1F. The van der Waals surface area contributed by atoms with Gasteiger partial charge in [-0.2, -0.15) is 8.75 Å².